The maximum absolute atomic E-state index is 13.1. The van der Waals surface area contributed by atoms with Crippen LogP contribution in [0.5, 0.6) is 0 Å². The van der Waals surface area contributed by atoms with Crippen LogP contribution in [0.4, 0.5) is 14.9 Å². The third-order valence-corrected chi connectivity index (χ3v) is 4.33. The van der Waals surface area contributed by atoms with E-state index >= 15 is 0 Å². The van der Waals surface area contributed by atoms with Crippen LogP contribution in [0.25, 0.3) is 0 Å². The van der Waals surface area contributed by atoms with E-state index in [1.807, 2.05) is 19.1 Å². The summed E-state index contributed by atoms with van der Waals surface area (Å²) in [5, 5.41) is 5.23. The Morgan fingerprint density at radius 1 is 1.12 bits per heavy atom. The lowest BCUT2D eigenvalue weighted by Gasteiger charge is -2.22. The fraction of sp³-hybridized carbons (Fsp3) is 0.211. The Morgan fingerprint density at radius 3 is 2.35 bits per heavy atom. The molecule has 1 saturated heterocycles. The first-order chi connectivity index (χ1) is 12.3. The van der Waals surface area contributed by atoms with E-state index in [1.54, 1.807) is 12.1 Å². The molecule has 1 aliphatic rings. The predicted molar refractivity (Wildman–Crippen MR) is 93.8 cm³/mol. The number of amides is 4. The highest BCUT2D eigenvalue weighted by Gasteiger charge is 2.49. The minimum Gasteiger partial charge on any atom is -0.325 e. The molecule has 0 bridgehead atoms. The van der Waals surface area contributed by atoms with Crippen molar-refractivity contribution in [1.29, 1.82) is 0 Å². The van der Waals surface area contributed by atoms with Gasteiger partial charge in [0.25, 0.3) is 5.91 Å². The zero-order valence-electron chi connectivity index (χ0n) is 14.4. The van der Waals surface area contributed by atoms with Crippen molar-refractivity contribution in [1.82, 2.24) is 10.2 Å². The average Bonchev–Trinajstić information content (AvgIpc) is 2.82. The molecule has 1 heterocycles. The Hall–Kier alpha value is -3.22. The van der Waals surface area contributed by atoms with E-state index in [0.717, 1.165) is 10.5 Å². The van der Waals surface area contributed by atoms with E-state index in [1.165, 1.54) is 31.2 Å². The number of halogens is 1. The lowest BCUT2D eigenvalue weighted by atomic mass is 9.92. The lowest BCUT2D eigenvalue weighted by Crippen LogP contribution is -2.42. The van der Waals surface area contributed by atoms with E-state index < -0.39 is 35.7 Å². The third kappa shape index (κ3) is 3.28. The Labute approximate surface area is 150 Å². The number of imide groups is 1. The minimum atomic E-state index is -1.34. The zero-order valence-corrected chi connectivity index (χ0v) is 14.4. The van der Waals surface area contributed by atoms with Crippen LogP contribution >= 0.6 is 0 Å². The van der Waals surface area contributed by atoms with Gasteiger partial charge in [-0.3, -0.25) is 14.5 Å². The molecule has 6 nitrogen and oxygen atoms in total. The first-order valence-corrected chi connectivity index (χ1v) is 8.06. The molecule has 1 aliphatic heterocycles. The molecular weight excluding hydrogens is 337 g/mol. The molecule has 1 fully saturated rings. The number of anilines is 1. The Balaban J connectivity index is 1.73. The molecule has 0 aliphatic carbocycles. The molecule has 134 valence electrons. The van der Waals surface area contributed by atoms with Gasteiger partial charge in [-0.1, -0.05) is 29.8 Å². The van der Waals surface area contributed by atoms with Crippen LogP contribution in [0.15, 0.2) is 48.5 Å². The van der Waals surface area contributed by atoms with Gasteiger partial charge in [-0.15, -0.1) is 0 Å². The molecule has 1 atom stereocenters. The maximum Gasteiger partial charge on any atom is 0.325 e. The summed E-state index contributed by atoms with van der Waals surface area (Å²) in [5.41, 5.74) is 0.731. The van der Waals surface area contributed by atoms with Crippen molar-refractivity contribution in [2.75, 3.05) is 11.9 Å². The fourth-order valence-corrected chi connectivity index (χ4v) is 2.80. The highest BCUT2D eigenvalue weighted by Crippen LogP contribution is 2.28. The van der Waals surface area contributed by atoms with Gasteiger partial charge >= 0.3 is 6.03 Å². The molecule has 3 rings (SSSR count). The molecule has 7 heteroatoms. The number of carbonyl (C=O) groups excluding carboxylic acids is 3. The minimum absolute atomic E-state index is 0.407. The number of nitrogens with zero attached hydrogens (tertiary/aromatic N) is 1. The van der Waals surface area contributed by atoms with E-state index in [4.69, 9.17) is 0 Å². The van der Waals surface area contributed by atoms with Gasteiger partial charge < -0.3 is 10.6 Å². The first kappa shape index (κ1) is 17.6. The van der Waals surface area contributed by atoms with Crippen LogP contribution < -0.4 is 10.6 Å². The molecule has 4 amide bonds. The van der Waals surface area contributed by atoms with Crippen LogP contribution in [-0.4, -0.2) is 29.3 Å². The highest BCUT2D eigenvalue weighted by molar-refractivity contribution is 6.10. The second-order valence-electron chi connectivity index (χ2n) is 6.37. The second kappa shape index (κ2) is 6.59. The van der Waals surface area contributed by atoms with Gasteiger partial charge in [0, 0.05) is 5.69 Å². The lowest BCUT2D eigenvalue weighted by molar-refractivity contribution is -0.133. The van der Waals surface area contributed by atoms with Crippen molar-refractivity contribution in [3.05, 3.63) is 65.5 Å². The van der Waals surface area contributed by atoms with Crippen LogP contribution in [0, 0.1) is 12.7 Å². The van der Waals surface area contributed by atoms with E-state index in [2.05, 4.69) is 10.6 Å². The molecule has 26 heavy (non-hydrogen) atoms. The number of carbonyl (C=O) groups is 3. The summed E-state index contributed by atoms with van der Waals surface area (Å²) in [7, 11) is 0. The fourth-order valence-electron chi connectivity index (χ4n) is 2.80. The summed E-state index contributed by atoms with van der Waals surface area (Å²) in [6, 6.07) is 11.8. The number of hydrogen-bond donors (Lipinski definition) is 2. The van der Waals surface area contributed by atoms with Gasteiger partial charge in [0.05, 0.1) is 0 Å². The molecule has 0 aromatic heterocycles. The molecule has 0 radical (unpaired) electrons. The molecule has 2 N–H and O–H groups in total. The highest BCUT2D eigenvalue weighted by atomic mass is 19.1. The quantitative estimate of drug-likeness (QED) is 0.828. The van der Waals surface area contributed by atoms with Crippen molar-refractivity contribution in [3.63, 3.8) is 0 Å². The van der Waals surface area contributed by atoms with E-state index in [9.17, 15) is 18.8 Å². The number of aryl methyl sites for hydroxylation is 1. The van der Waals surface area contributed by atoms with Gasteiger partial charge in [-0.2, -0.15) is 0 Å². The summed E-state index contributed by atoms with van der Waals surface area (Å²) in [6.07, 6.45) is 0. The van der Waals surface area contributed by atoms with E-state index in [0.29, 0.717) is 11.3 Å². The normalized spacial score (nSPS) is 19.4. The standard InChI is InChI=1S/C19H18FN3O3/c1-12-3-9-15(10-4-12)21-16(24)11-23-17(25)19(2,22-18(23)26)13-5-7-14(20)8-6-13/h3-10H,11H2,1-2H3,(H,21,24)(H,22,26). The smallest absolute Gasteiger partial charge is 0.325 e. The largest absolute Gasteiger partial charge is 0.325 e. The van der Waals surface area contributed by atoms with E-state index in [-0.39, 0.29) is 0 Å². The number of rotatable bonds is 4. The molecule has 0 spiro atoms. The number of benzene rings is 2. The Morgan fingerprint density at radius 2 is 1.73 bits per heavy atom. The molecule has 2 aromatic rings. The van der Waals surface area contributed by atoms with Crippen LogP contribution in [0.3, 0.4) is 0 Å². The van der Waals surface area contributed by atoms with Crippen molar-refractivity contribution in [2.45, 2.75) is 19.4 Å². The number of nitrogens with one attached hydrogen (secondary N) is 2. The zero-order chi connectivity index (χ0) is 18.9. The first-order valence-electron chi connectivity index (χ1n) is 8.06. The number of urea groups is 1. The second-order valence-corrected chi connectivity index (χ2v) is 6.37. The van der Waals surface area contributed by atoms with Gasteiger partial charge in [-0.05, 0) is 43.7 Å². The number of hydrogen-bond acceptors (Lipinski definition) is 3. The van der Waals surface area contributed by atoms with Crippen molar-refractivity contribution in [3.8, 4) is 0 Å². The van der Waals surface area contributed by atoms with Crippen LogP contribution in [0.2, 0.25) is 0 Å². The van der Waals surface area contributed by atoms with Gasteiger partial charge in [0.15, 0.2) is 0 Å². The average molecular weight is 355 g/mol. The van der Waals surface area contributed by atoms with Gasteiger partial charge in [0.1, 0.15) is 17.9 Å². The van der Waals surface area contributed by atoms with Crippen molar-refractivity contribution < 1.29 is 18.8 Å². The van der Waals surface area contributed by atoms with Gasteiger partial charge in [0.2, 0.25) is 5.91 Å². The van der Waals surface area contributed by atoms with Crippen LogP contribution in [0.1, 0.15) is 18.1 Å². The summed E-state index contributed by atoms with van der Waals surface area (Å²) in [4.78, 5) is 38.0. The van der Waals surface area contributed by atoms with Gasteiger partial charge in [-0.25, -0.2) is 9.18 Å². The molecular formula is C19H18FN3O3. The summed E-state index contributed by atoms with van der Waals surface area (Å²) in [6.45, 7) is 3.04. The van der Waals surface area contributed by atoms with Crippen molar-refractivity contribution >= 4 is 23.5 Å². The summed E-state index contributed by atoms with van der Waals surface area (Å²) in [5.74, 6) is -1.49. The molecule has 0 saturated carbocycles. The predicted octanol–water partition coefficient (Wildman–Crippen LogP) is 2.54. The van der Waals surface area contributed by atoms with Crippen molar-refractivity contribution in [2.24, 2.45) is 0 Å². The monoisotopic (exact) mass is 355 g/mol. The SMILES string of the molecule is Cc1ccc(NC(=O)CN2C(=O)NC(C)(c3ccc(F)cc3)C2=O)cc1. The maximum atomic E-state index is 13.1. The molecule has 2 aromatic carbocycles. The molecule has 1 unspecified atom stereocenters. The summed E-state index contributed by atoms with van der Waals surface area (Å²) < 4.78 is 13.1. The van der Waals surface area contributed by atoms with Crippen LogP contribution in [-0.2, 0) is 15.1 Å². The third-order valence-electron chi connectivity index (χ3n) is 4.33. The summed E-state index contributed by atoms with van der Waals surface area (Å²) >= 11 is 0. The Kier molecular flexibility index (Phi) is 4.46. The Bertz CT molecular complexity index is 865. The topological polar surface area (TPSA) is 78.5 Å².